The van der Waals surface area contributed by atoms with Crippen LogP contribution in [0.25, 0.3) is 23.9 Å². The van der Waals surface area contributed by atoms with Gasteiger partial charge in [0.15, 0.2) is 0 Å². The Balaban J connectivity index is 1.18. The minimum atomic E-state index is 1.11. The van der Waals surface area contributed by atoms with Gasteiger partial charge in [0.25, 0.3) is 0 Å². The molecule has 0 heterocycles. The molecule has 2 nitrogen and oxygen atoms in total. The quantitative estimate of drug-likeness (QED) is 0.133. The third kappa shape index (κ3) is 8.15. The molecule has 0 aliphatic heterocycles. The zero-order valence-corrected chi connectivity index (χ0v) is 30.4. The zero-order chi connectivity index (χ0) is 35.9. The molecule has 7 aromatic rings. The lowest BCUT2D eigenvalue weighted by Gasteiger charge is -2.29. The number of aryl methyl sites for hydroxylation is 4. The molecule has 2 heteroatoms. The number of rotatable bonds is 10. The summed E-state index contributed by atoms with van der Waals surface area (Å²) in [6.07, 6.45) is 6.66. The maximum absolute atomic E-state index is 2.36. The van der Waals surface area contributed by atoms with Gasteiger partial charge in [-0.15, -0.1) is 0 Å². The molecule has 0 bridgehead atoms. The fraction of sp³-hybridized carbons (Fsp3) is 0.0800. The highest BCUT2D eigenvalue weighted by atomic mass is 15.2. The smallest absolute Gasteiger partial charge is 0.0539 e. The summed E-state index contributed by atoms with van der Waals surface area (Å²) < 4.78 is 0. The highest BCUT2D eigenvalue weighted by Gasteiger charge is 2.17. The summed E-state index contributed by atoms with van der Waals surface area (Å²) in [5.41, 5.74) is 16.3. The van der Waals surface area contributed by atoms with Gasteiger partial charge in [-0.1, -0.05) is 150 Å². The summed E-state index contributed by atoms with van der Waals surface area (Å²) in [7, 11) is 0. The molecule has 0 fully saturated rings. The van der Waals surface area contributed by atoms with Crippen molar-refractivity contribution < 1.29 is 0 Å². The number of nitrogens with zero attached hydrogens (tertiary/aromatic N) is 2. The molecule has 0 amide bonds. The molecule has 0 N–H and O–H groups in total. The third-order valence-corrected chi connectivity index (χ3v) is 9.34. The molecule has 7 rings (SSSR count). The van der Waals surface area contributed by atoms with Crippen LogP contribution in [-0.4, -0.2) is 0 Å². The summed E-state index contributed by atoms with van der Waals surface area (Å²) >= 11 is 0. The van der Waals surface area contributed by atoms with E-state index in [9.17, 15) is 0 Å². The summed E-state index contributed by atoms with van der Waals surface area (Å²) in [6, 6.07) is 63.2. The first-order valence-electron chi connectivity index (χ1n) is 17.9. The van der Waals surface area contributed by atoms with Crippen molar-refractivity contribution in [1.29, 1.82) is 0 Å². The maximum atomic E-state index is 2.36. The lowest BCUT2D eigenvalue weighted by Crippen LogP contribution is -2.15. The van der Waals surface area contributed by atoms with Crippen LogP contribution in [0, 0.1) is 27.7 Å². The SMILES string of the molecule is Cc1ccc(N(/C(=C\c2ccccc2)c2ccc(/C=C\c3ccc(N(c4ccc(C)cc4)c4ccc(C)cc4)cc3)cc2)c2ccc(C)cc2)cc1. The van der Waals surface area contributed by atoms with Crippen LogP contribution in [0.1, 0.15) is 44.5 Å². The molecular weight excluding hydrogens is 629 g/mol. The van der Waals surface area contributed by atoms with E-state index in [1.165, 1.54) is 22.3 Å². The third-order valence-electron chi connectivity index (χ3n) is 9.34. The van der Waals surface area contributed by atoms with Gasteiger partial charge in [0, 0.05) is 28.4 Å². The fourth-order valence-electron chi connectivity index (χ4n) is 6.33. The first-order chi connectivity index (χ1) is 25.4. The Labute approximate surface area is 309 Å². The van der Waals surface area contributed by atoms with Gasteiger partial charge in [-0.25, -0.2) is 0 Å². The summed E-state index contributed by atoms with van der Waals surface area (Å²) in [4.78, 5) is 4.66. The van der Waals surface area contributed by atoms with E-state index >= 15 is 0 Å². The van der Waals surface area contributed by atoms with E-state index in [0.717, 1.165) is 56.4 Å². The Hall–Kier alpha value is -6.38. The summed E-state index contributed by atoms with van der Waals surface area (Å²) in [6.45, 7) is 8.51. The van der Waals surface area contributed by atoms with Gasteiger partial charge in [-0.3, -0.25) is 0 Å². The minimum Gasteiger partial charge on any atom is -0.311 e. The minimum absolute atomic E-state index is 1.11. The normalized spacial score (nSPS) is 11.5. The predicted molar refractivity (Wildman–Crippen MR) is 225 cm³/mol. The van der Waals surface area contributed by atoms with Crippen LogP contribution in [-0.2, 0) is 0 Å². The van der Waals surface area contributed by atoms with E-state index in [1.807, 2.05) is 0 Å². The molecule has 0 aliphatic rings. The van der Waals surface area contributed by atoms with Crippen molar-refractivity contribution in [3.05, 3.63) is 220 Å². The second-order valence-electron chi connectivity index (χ2n) is 13.5. The number of anilines is 5. The first-order valence-corrected chi connectivity index (χ1v) is 17.9. The lowest BCUT2D eigenvalue weighted by molar-refractivity contribution is 1.27. The average molecular weight is 673 g/mol. The molecule has 0 saturated heterocycles. The standard InChI is InChI=1S/C50H44N2/c1-37-10-26-45(27-11-37)51(46-28-12-38(2)13-29-46)47-34-22-42(23-35-47)19-18-41-20-24-44(25-21-41)50(36-43-8-6-5-7-9-43)52(48-30-14-39(3)15-31-48)49-32-16-40(4)17-33-49/h5-36H,1-4H3/b19-18-,50-36-. The van der Waals surface area contributed by atoms with Gasteiger partial charge in [-0.2, -0.15) is 0 Å². The molecular formula is C50H44N2. The van der Waals surface area contributed by atoms with Crippen LogP contribution < -0.4 is 9.80 Å². The van der Waals surface area contributed by atoms with Gasteiger partial charge in [0.05, 0.1) is 5.70 Å². The van der Waals surface area contributed by atoms with E-state index in [1.54, 1.807) is 0 Å². The highest BCUT2D eigenvalue weighted by Crippen LogP contribution is 2.37. The van der Waals surface area contributed by atoms with Crippen LogP contribution in [0.5, 0.6) is 0 Å². The van der Waals surface area contributed by atoms with Crippen molar-refractivity contribution in [2.45, 2.75) is 27.7 Å². The molecule has 0 aliphatic carbocycles. The van der Waals surface area contributed by atoms with Crippen molar-refractivity contribution >= 4 is 52.4 Å². The van der Waals surface area contributed by atoms with Crippen LogP contribution in [0.4, 0.5) is 28.4 Å². The van der Waals surface area contributed by atoms with Crippen molar-refractivity contribution in [1.82, 2.24) is 0 Å². The maximum Gasteiger partial charge on any atom is 0.0539 e. The Morgan fingerprint density at radius 3 is 1.10 bits per heavy atom. The molecule has 0 saturated carbocycles. The zero-order valence-electron chi connectivity index (χ0n) is 30.4. The van der Waals surface area contributed by atoms with Gasteiger partial charge in [0.2, 0.25) is 0 Å². The molecule has 0 spiro atoms. The van der Waals surface area contributed by atoms with Crippen molar-refractivity contribution in [3.8, 4) is 0 Å². The van der Waals surface area contributed by atoms with E-state index in [4.69, 9.17) is 0 Å². The number of hydrogen-bond donors (Lipinski definition) is 0. The predicted octanol–water partition coefficient (Wildman–Crippen LogP) is 13.9. The first kappa shape index (κ1) is 34.1. The monoisotopic (exact) mass is 672 g/mol. The Morgan fingerprint density at radius 2 is 0.692 bits per heavy atom. The lowest BCUT2D eigenvalue weighted by atomic mass is 10.0. The molecule has 0 atom stereocenters. The van der Waals surface area contributed by atoms with Crippen LogP contribution in [0.2, 0.25) is 0 Å². The van der Waals surface area contributed by atoms with Gasteiger partial charge in [-0.05, 0) is 117 Å². The molecule has 52 heavy (non-hydrogen) atoms. The van der Waals surface area contributed by atoms with Gasteiger partial charge >= 0.3 is 0 Å². The second-order valence-corrected chi connectivity index (χ2v) is 13.5. The van der Waals surface area contributed by atoms with E-state index in [0.29, 0.717) is 0 Å². The second kappa shape index (κ2) is 15.7. The van der Waals surface area contributed by atoms with Crippen LogP contribution in [0.15, 0.2) is 176 Å². The largest absolute Gasteiger partial charge is 0.311 e. The van der Waals surface area contributed by atoms with Gasteiger partial charge < -0.3 is 9.80 Å². The molecule has 254 valence electrons. The topological polar surface area (TPSA) is 6.48 Å². The van der Waals surface area contributed by atoms with Crippen molar-refractivity contribution in [2.75, 3.05) is 9.80 Å². The van der Waals surface area contributed by atoms with Crippen molar-refractivity contribution in [3.63, 3.8) is 0 Å². The molecule has 0 aromatic heterocycles. The molecule has 7 aromatic carbocycles. The Morgan fingerprint density at radius 1 is 0.346 bits per heavy atom. The van der Waals surface area contributed by atoms with Crippen LogP contribution >= 0.6 is 0 Å². The molecule has 0 unspecified atom stereocenters. The number of hydrogen-bond acceptors (Lipinski definition) is 2. The highest BCUT2D eigenvalue weighted by molar-refractivity contribution is 5.96. The van der Waals surface area contributed by atoms with Gasteiger partial charge in [0.1, 0.15) is 0 Å². The molecule has 0 radical (unpaired) electrons. The van der Waals surface area contributed by atoms with Crippen LogP contribution in [0.3, 0.4) is 0 Å². The van der Waals surface area contributed by atoms with E-state index in [2.05, 4.69) is 232 Å². The summed E-state index contributed by atoms with van der Waals surface area (Å²) in [5.74, 6) is 0. The van der Waals surface area contributed by atoms with E-state index in [-0.39, 0.29) is 0 Å². The van der Waals surface area contributed by atoms with E-state index < -0.39 is 0 Å². The fourth-order valence-corrected chi connectivity index (χ4v) is 6.33. The van der Waals surface area contributed by atoms with Crippen molar-refractivity contribution in [2.24, 2.45) is 0 Å². The number of benzene rings is 7. The Bertz CT molecular complexity index is 2170. The Kier molecular flexibility index (Phi) is 10.3. The summed E-state index contributed by atoms with van der Waals surface area (Å²) in [5, 5.41) is 0. The average Bonchev–Trinajstić information content (AvgIpc) is 3.18.